The number of amides is 1. The van der Waals surface area contributed by atoms with Crippen molar-refractivity contribution in [3.63, 3.8) is 0 Å². The first-order valence-corrected chi connectivity index (χ1v) is 12.9. The number of halogens is 2. The largest absolute Gasteiger partial charge is 0.434 e. The average Bonchev–Trinajstić information content (AvgIpc) is 3.36. The quantitative estimate of drug-likeness (QED) is 0.413. The van der Waals surface area contributed by atoms with Crippen molar-refractivity contribution in [3.8, 4) is 17.0 Å². The smallest absolute Gasteiger partial charge is 0.387 e. The molecule has 6 rings (SSSR count). The Bertz CT molecular complexity index is 1650. The Hall–Kier alpha value is -3.93. The van der Waals surface area contributed by atoms with Crippen LogP contribution in [0, 0.1) is 0 Å². The summed E-state index contributed by atoms with van der Waals surface area (Å²) in [5, 5.41) is 4.64. The number of pyridine rings is 1. The maximum Gasteiger partial charge on any atom is 0.387 e. The molecule has 4 heterocycles. The molecule has 2 atom stereocenters. The predicted molar refractivity (Wildman–Crippen MR) is 124 cm³/mol. The van der Waals surface area contributed by atoms with E-state index in [9.17, 15) is 22.0 Å². The van der Waals surface area contributed by atoms with Gasteiger partial charge in [-0.15, -0.1) is 0 Å². The molecule has 2 unspecified atom stereocenters. The summed E-state index contributed by atoms with van der Waals surface area (Å²) < 4.78 is 56.4. The molecule has 1 aliphatic carbocycles. The molecular formula is C24H19F2N5O4S. The normalized spacial score (nSPS) is 18.9. The summed E-state index contributed by atoms with van der Waals surface area (Å²) in [6.45, 7) is -3.04. The van der Waals surface area contributed by atoms with Gasteiger partial charge in [0, 0.05) is 53.9 Å². The maximum atomic E-state index is 13.2. The van der Waals surface area contributed by atoms with Crippen LogP contribution in [0.3, 0.4) is 0 Å². The lowest BCUT2D eigenvalue weighted by atomic mass is 9.89. The maximum absolute atomic E-state index is 13.2. The van der Waals surface area contributed by atoms with Gasteiger partial charge in [0.15, 0.2) is 20.5 Å². The fourth-order valence-corrected chi connectivity index (χ4v) is 5.69. The third kappa shape index (κ3) is 3.35. The van der Waals surface area contributed by atoms with Crippen LogP contribution >= 0.6 is 0 Å². The molecule has 0 N–H and O–H groups in total. The minimum atomic E-state index is -3.44. The third-order valence-electron chi connectivity index (χ3n) is 6.73. The first-order valence-electron chi connectivity index (χ1n) is 11.0. The minimum absolute atomic E-state index is 0.0428. The van der Waals surface area contributed by atoms with Gasteiger partial charge in [-0.2, -0.15) is 13.9 Å². The lowest BCUT2D eigenvalue weighted by Crippen LogP contribution is -2.30. The molecule has 2 aliphatic rings. The number of aromatic nitrogens is 4. The van der Waals surface area contributed by atoms with Crippen molar-refractivity contribution in [2.45, 2.75) is 30.0 Å². The highest BCUT2D eigenvalue weighted by Gasteiger charge is 2.46. The number of alkyl halides is 2. The van der Waals surface area contributed by atoms with Crippen LogP contribution in [0.5, 0.6) is 5.75 Å². The van der Waals surface area contributed by atoms with Gasteiger partial charge in [0.05, 0.1) is 17.4 Å². The highest BCUT2D eigenvalue weighted by Crippen LogP contribution is 2.53. The van der Waals surface area contributed by atoms with Crippen molar-refractivity contribution in [2.75, 3.05) is 13.3 Å². The monoisotopic (exact) mass is 511 g/mol. The number of hydrogen-bond acceptors (Lipinski definition) is 7. The van der Waals surface area contributed by atoms with E-state index in [2.05, 4.69) is 10.1 Å². The van der Waals surface area contributed by atoms with Gasteiger partial charge in [0.25, 0.3) is 5.91 Å². The number of carbonyl (C=O) groups excluding carboxylic acids is 1. The number of ether oxygens (including phenoxy) is 1. The van der Waals surface area contributed by atoms with Gasteiger partial charge in [0.1, 0.15) is 5.75 Å². The third-order valence-corrected chi connectivity index (χ3v) is 7.73. The predicted octanol–water partition coefficient (Wildman–Crippen LogP) is 3.46. The van der Waals surface area contributed by atoms with Crippen LogP contribution in [-0.2, 0) is 9.84 Å². The molecule has 1 amide bonds. The Morgan fingerprint density at radius 3 is 2.64 bits per heavy atom. The standard InChI is InChI=1S/C24H19F2N5O4S/c1-30-16-10-14(19-13(23(30)32)4-3-5-17(19)35-24(25)26)20-21(16)29-31-9-8-15(28-22(20)31)12-6-7-18(27-11-12)36(2,33)34/h3-9,11,14,16,24H,10H2,1-2H3. The zero-order valence-corrected chi connectivity index (χ0v) is 19.9. The highest BCUT2D eigenvalue weighted by molar-refractivity contribution is 7.90. The summed E-state index contributed by atoms with van der Waals surface area (Å²) >= 11 is 0. The molecule has 4 aromatic rings. The lowest BCUT2D eigenvalue weighted by Gasteiger charge is -2.23. The van der Waals surface area contributed by atoms with E-state index in [1.165, 1.54) is 24.4 Å². The molecule has 3 aromatic heterocycles. The van der Waals surface area contributed by atoms with Gasteiger partial charge in [0.2, 0.25) is 0 Å². The van der Waals surface area contributed by atoms with Crippen LogP contribution in [0.1, 0.15) is 45.6 Å². The first-order chi connectivity index (χ1) is 17.1. The Morgan fingerprint density at radius 2 is 1.94 bits per heavy atom. The van der Waals surface area contributed by atoms with Gasteiger partial charge >= 0.3 is 6.61 Å². The van der Waals surface area contributed by atoms with Crippen molar-refractivity contribution in [3.05, 3.63) is 71.2 Å². The van der Waals surface area contributed by atoms with Gasteiger partial charge in [-0.05, 0) is 36.8 Å². The van der Waals surface area contributed by atoms with E-state index in [0.717, 1.165) is 11.8 Å². The summed E-state index contributed by atoms with van der Waals surface area (Å²) in [5.74, 6) is -0.765. The van der Waals surface area contributed by atoms with Gasteiger partial charge < -0.3 is 9.64 Å². The van der Waals surface area contributed by atoms with Crippen LogP contribution in [0.4, 0.5) is 8.78 Å². The number of nitrogens with zero attached hydrogens (tertiary/aromatic N) is 5. The molecule has 0 radical (unpaired) electrons. The molecule has 1 aromatic carbocycles. The van der Waals surface area contributed by atoms with E-state index < -0.39 is 22.4 Å². The molecule has 12 heteroatoms. The second-order valence-corrected chi connectivity index (χ2v) is 10.8. The molecule has 0 saturated heterocycles. The van der Waals surface area contributed by atoms with E-state index >= 15 is 0 Å². The summed E-state index contributed by atoms with van der Waals surface area (Å²) in [4.78, 5) is 23.6. The second-order valence-electron chi connectivity index (χ2n) is 8.85. The van der Waals surface area contributed by atoms with Crippen molar-refractivity contribution in [1.82, 2.24) is 24.5 Å². The summed E-state index contributed by atoms with van der Waals surface area (Å²) in [6.07, 6.45) is 4.70. The van der Waals surface area contributed by atoms with Crippen LogP contribution in [0.25, 0.3) is 16.9 Å². The van der Waals surface area contributed by atoms with Gasteiger partial charge in [-0.3, -0.25) is 4.79 Å². The van der Waals surface area contributed by atoms with E-state index in [1.54, 1.807) is 40.9 Å². The fourth-order valence-electron chi connectivity index (χ4n) is 5.13. The minimum Gasteiger partial charge on any atom is -0.434 e. The van der Waals surface area contributed by atoms with Crippen LogP contribution < -0.4 is 4.74 Å². The number of rotatable bonds is 4. The Morgan fingerprint density at radius 1 is 1.14 bits per heavy atom. The molecule has 0 saturated carbocycles. The molecule has 2 bridgehead atoms. The van der Waals surface area contributed by atoms with Gasteiger partial charge in [-0.1, -0.05) is 6.07 Å². The first kappa shape index (κ1) is 22.5. The fraction of sp³-hybridized carbons (Fsp3) is 0.250. The Labute approximate surface area is 204 Å². The van der Waals surface area contributed by atoms with Crippen molar-refractivity contribution >= 4 is 21.4 Å². The highest BCUT2D eigenvalue weighted by atomic mass is 32.2. The Kier molecular flexibility index (Phi) is 4.87. The lowest BCUT2D eigenvalue weighted by molar-refractivity contribution is -0.0505. The molecular weight excluding hydrogens is 492 g/mol. The second kappa shape index (κ2) is 7.79. The van der Waals surface area contributed by atoms with E-state index in [-0.39, 0.29) is 22.7 Å². The van der Waals surface area contributed by atoms with Crippen LogP contribution in [0.2, 0.25) is 0 Å². The summed E-state index contributed by atoms with van der Waals surface area (Å²) in [7, 11) is -1.77. The molecule has 0 spiro atoms. The SMILES string of the molecule is CN1C(=O)c2cccc(OC(F)F)c2C2CC1c1nn3ccc(-c4ccc(S(C)(=O)=O)nc4)nc3c12. The molecule has 184 valence electrons. The number of sulfone groups is 1. The van der Waals surface area contributed by atoms with Crippen LogP contribution in [0.15, 0.2) is 53.8 Å². The number of fused-ring (bicyclic) bond motifs is 9. The number of carbonyl (C=O) groups is 1. The zero-order valence-electron chi connectivity index (χ0n) is 19.1. The molecule has 0 fully saturated rings. The van der Waals surface area contributed by atoms with E-state index in [1.807, 2.05) is 0 Å². The molecule has 36 heavy (non-hydrogen) atoms. The van der Waals surface area contributed by atoms with E-state index in [0.29, 0.717) is 40.1 Å². The van der Waals surface area contributed by atoms with Crippen molar-refractivity contribution in [1.29, 1.82) is 0 Å². The average molecular weight is 512 g/mol. The summed E-state index contributed by atoms with van der Waals surface area (Å²) in [6, 6.07) is 9.00. The van der Waals surface area contributed by atoms with Crippen LogP contribution in [-0.4, -0.2) is 58.7 Å². The van der Waals surface area contributed by atoms with Crippen molar-refractivity contribution < 1.29 is 26.7 Å². The zero-order chi connectivity index (χ0) is 25.4. The number of benzene rings is 1. The molecule has 1 aliphatic heterocycles. The number of hydrogen-bond donors (Lipinski definition) is 0. The van der Waals surface area contributed by atoms with E-state index in [4.69, 9.17) is 9.72 Å². The topological polar surface area (TPSA) is 107 Å². The summed E-state index contributed by atoms with van der Waals surface area (Å²) in [5.41, 5.74) is 3.77. The molecule has 9 nitrogen and oxygen atoms in total. The van der Waals surface area contributed by atoms with Gasteiger partial charge in [-0.25, -0.2) is 22.9 Å². The van der Waals surface area contributed by atoms with Crippen molar-refractivity contribution in [2.24, 2.45) is 0 Å². The Balaban J connectivity index is 1.54.